The van der Waals surface area contributed by atoms with E-state index >= 15 is 0 Å². The van der Waals surface area contributed by atoms with Crippen LogP contribution in [-0.2, 0) is 6.54 Å². The third kappa shape index (κ3) is 6.95. The Morgan fingerprint density at radius 1 is 0.681 bits per heavy atom. The number of rotatable bonds is 7. The monoisotopic (exact) mass is 721 g/mol. The van der Waals surface area contributed by atoms with Crippen molar-refractivity contribution in [1.29, 1.82) is 0 Å². The number of thiophene rings is 2. The molecule has 0 radical (unpaired) electrons. The van der Waals surface area contributed by atoms with Crippen LogP contribution in [0.3, 0.4) is 0 Å². The molecule has 0 fully saturated rings. The normalized spacial score (nSPS) is 11.0. The highest BCUT2D eigenvalue weighted by Gasteiger charge is 2.18. The van der Waals surface area contributed by atoms with Gasteiger partial charge < -0.3 is 14.8 Å². The van der Waals surface area contributed by atoms with Crippen molar-refractivity contribution in [2.45, 2.75) is 20.4 Å². The number of fused-ring (bicyclic) bond motifs is 2. The van der Waals surface area contributed by atoms with Gasteiger partial charge in [-0.3, -0.25) is 9.97 Å². The van der Waals surface area contributed by atoms with Crippen LogP contribution in [0.5, 0.6) is 11.5 Å². The van der Waals surface area contributed by atoms with Crippen LogP contribution in [0.25, 0.3) is 43.5 Å². The molecular weight excluding hydrogens is 697 g/mol. The molecule has 0 aliphatic heterocycles. The van der Waals surface area contributed by atoms with E-state index in [1.165, 1.54) is 11.3 Å². The zero-order chi connectivity index (χ0) is 33.1. The van der Waals surface area contributed by atoms with Crippen molar-refractivity contribution in [2.75, 3.05) is 19.5 Å². The Morgan fingerprint density at radius 3 is 1.83 bits per heavy atom. The molecule has 47 heavy (non-hydrogen) atoms. The Hall–Kier alpha value is -4.13. The summed E-state index contributed by atoms with van der Waals surface area (Å²) in [5, 5.41) is 6.63. The maximum atomic E-state index is 6.55. The summed E-state index contributed by atoms with van der Waals surface area (Å²) >= 11 is 22.0. The van der Waals surface area contributed by atoms with E-state index in [1.807, 2.05) is 68.4 Å². The first-order valence-corrected chi connectivity index (χ1v) is 16.9. The molecule has 0 atom stereocenters. The van der Waals surface area contributed by atoms with E-state index in [4.69, 9.17) is 49.3 Å². The zero-order valence-electron chi connectivity index (χ0n) is 25.5. The van der Waals surface area contributed by atoms with Crippen molar-refractivity contribution in [3.05, 3.63) is 97.5 Å². The van der Waals surface area contributed by atoms with Gasteiger partial charge in [0, 0.05) is 28.7 Å². The number of benzene rings is 1. The zero-order valence-corrected chi connectivity index (χ0v) is 29.4. The number of nitrogens with one attached hydrogen (secondary N) is 1. The van der Waals surface area contributed by atoms with Crippen LogP contribution in [0.1, 0.15) is 15.3 Å². The minimum Gasteiger partial charge on any atom is -0.493 e. The number of aryl methyl sites for hydroxylation is 2. The number of hydrogen-bond donors (Lipinski definition) is 1. The summed E-state index contributed by atoms with van der Waals surface area (Å²) in [5.41, 5.74) is 2.44. The lowest BCUT2D eigenvalue weighted by atomic mass is 10.2. The Morgan fingerprint density at radius 2 is 1.26 bits per heavy atom. The van der Waals surface area contributed by atoms with Crippen LogP contribution in [0.2, 0.25) is 15.2 Å². The largest absolute Gasteiger partial charge is 0.493 e. The molecule has 7 rings (SSSR count). The molecule has 0 aliphatic carbocycles. The van der Waals surface area contributed by atoms with Crippen molar-refractivity contribution in [2.24, 2.45) is 0 Å². The third-order valence-corrected chi connectivity index (χ3v) is 10.4. The first-order valence-electron chi connectivity index (χ1n) is 14.1. The lowest BCUT2D eigenvalue weighted by Gasteiger charge is -2.12. The summed E-state index contributed by atoms with van der Waals surface area (Å²) in [7, 11) is 3.24. The van der Waals surface area contributed by atoms with Crippen LogP contribution < -0.4 is 14.8 Å². The van der Waals surface area contributed by atoms with E-state index in [1.54, 1.807) is 38.0 Å². The molecule has 0 saturated carbocycles. The summed E-state index contributed by atoms with van der Waals surface area (Å²) in [6.07, 6.45) is 3.43. The number of methoxy groups -OCH3 is 2. The Kier molecular flexibility index (Phi) is 10.00. The molecule has 0 saturated heterocycles. The highest BCUT2D eigenvalue weighted by Crippen LogP contribution is 2.40. The first-order chi connectivity index (χ1) is 22.8. The fourth-order valence-electron chi connectivity index (χ4n) is 4.64. The van der Waals surface area contributed by atoms with Crippen molar-refractivity contribution >= 4 is 83.7 Å². The van der Waals surface area contributed by atoms with Gasteiger partial charge in [0.2, 0.25) is 0 Å². The second-order valence-corrected chi connectivity index (χ2v) is 13.5. The number of aromatic nitrogens is 6. The van der Waals surface area contributed by atoms with Gasteiger partial charge in [0.25, 0.3) is 0 Å². The summed E-state index contributed by atoms with van der Waals surface area (Å²) in [4.78, 5) is 30.3. The van der Waals surface area contributed by atoms with E-state index in [9.17, 15) is 0 Å². The second kappa shape index (κ2) is 14.3. The van der Waals surface area contributed by atoms with Crippen molar-refractivity contribution in [1.82, 2.24) is 29.9 Å². The number of pyridine rings is 2. The van der Waals surface area contributed by atoms with Crippen LogP contribution in [0.4, 0.5) is 5.82 Å². The molecule has 14 heteroatoms. The Balaban J connectivity index is 0.000000183. The Labute approximate surface area is 293 Å². The van der Waals surface area contributed by atoms with Crippen LogP contribution in [0, 0.1) is 13.8 Å². The fourth-order valence-corrected chi connectivity index (χ4v) is 7.54. The number of hydrogen-bond acceptors (Lipinski definition) is 11. The smallest absolute Gasteiger partial charge is 0.181 e. The minimum atomic E-state index is 0.370. The first kappa shape index (κ1) is 32.8. The van der Waals surface area contributed by atoms with Gasteiger partial charge >= 0.3 is 0 Å². The SMILES string of the molecule is COc1ccc(CNc2nc(-c3ccccn3)nc3sc(C)c(Cl)c23)cc1OC.Cc1sc2nc(-c3ccccn3)nc(Cl)c2c1Cl. The van der Waals surface area contributed by atoms with Gasteiger partial charge in [-0.25, -0.2) is 19.9 Å². The number of ether oxygens (including phenoxy) is 2. The molecule has 0 spiro atoms. The van der Waals surface area contributed by atoms with Gasteiger partial charge in [-0.2, -0.15) is 0 Å². The molecule has 0 unspecified atom stereocenters. The second-order valence-electron chi connectivity index (χ2n) is 10.0. The maximum Gasteiger partial charge on any atom is 0.181 e. The molecule has 0 aliphatic rings. The van der Waals surface area contributed by atoms with Crippen molar-refractivity contribution in [3.8, 4) is 34.5 Å². The molecule has 9 nitrogen and oxygen atoms in total. The average molecular weight is 723 g/mol. The quantitative estimate of drug-likeness (QED) is 0.161. The van der Waals surface area contributed by atoms with Gasteiger partial charge in [-0.1, -0.05) is 53.0 Å². The summed E-state index contributed by atoms with van der Waals surface area (Å²) in [6, 6.07) is 17.0. The van der Waals surface area contributed by atoms with E-state index in [-0.39, 0.29) is 0 Å². The van der Waals surface area contributed by atoms with E-state index in [0.717, 1.165) is 35.8 Å². The van der Waals surface area contributed by atoms with Crippen LogP contribution in [0.15, 0.2) is 67.0 Å². The van der Waals surface area contributed by atoms with E-state index in [2.05, 4.69) is 30.2 Å². The highest BCUT2D eigenvalue weighted by molar-refractivity contribution is 7.19. The molecule has 1 aromatic carbocycles. The molecule has 0 bridgehead atoms. The van der Waals surface area contributed by atoms with Gasteiger partial charge in [-0.15, -0.1) is 22.7 Å². The summed E-state index contributed by atoms with van der Waals surface area (Å²) in [6.45, 7) is 4.46. The molecule has 6 aromatic heterocycles. The highest BCUT2D eigenvalue weighted by atomic mass is 35.5. The lowest BCUT2D eigenvalue weighted by Crippen LogP contribution is -2.04. The predicted molar refractivity (Wildman–Crippen MR) is 193 cm³/mol. The van der Waals surface area contributed by atoms with Gasteiger partial charge in [0.05, 0.1) is 35.0 Å². The van der Waals surface area contributed by atoms with Gasteiger partial charge in [-0.05, 0) is 55.8 Å². The molecule has 6 heterocycles. The number of halogens is 3. The maximum absolute atomic E-state index is 6.55. The average Bonchev–Trinajstić information content (AvgIpc) is 3.56. The van der Waals surface area contributed by atoms with E-state index in [0.29, 0.717) is 62.1 Å². The van der Waals surface area contributed by atoms with Crippen molar-refractivity contribution in [3.63, 3.8) is 0 Å². The molecular formula is C33H26Cl3N7O2S2. The van der Waals surface area contributed by atoms with Gasteiger partial charge in [0.1, 0.15) is 32.0 Å². The minimum absolute atomic E-state index is 0.370. The van der Waals surface area contributed by atoms with Crippen molar-refractivity contribution < 1.29 is 9.47 Å². The number of anilines is 1. The molecule has 238 valence electrons. The fraction of sp³-hybridized carbons (Fsp3) is 0.152. The summed E-state index contributed by atoms with van der Waals surface area (Å²) in [5.74, 6) is 3.13. The molecule has 7 aromatic rings. The topological polar surface area (TPSA) is 108 Å². The van der Waals surface area contributed by atoms with E-state index < -0.39 is 0 Å². The lowest BCUT2D eigenvalue weighted by molar-refractivity contribution is 0.354. The summed E-state index contributed by atoms with van der Waals surface area (Å²) < 4.78 is 10.7. The predicted octanol–water partition coefficient (Wildman–Crippen LogP) is 9.71. The molecule has 0 amide bonds. The van der Waals surface area contributed by atoms with Crippen LogP contribution >= 0.6 is 57.5 Å². The standard InChI is InChI=1S/C21H19ClN4O2S.C12H7Cl2N3S/c1-12-18(22)17-20(24-11-13-7-8-15(27-2)16(10-13)28-3)25-19(26-21(17)29-12)14-6-4-5-9-23-14;1-6-9(13)8-10(14)16-11(17-12(8)18-6)7-4-2-3-5-15-7/h4-10H,11H2,1-3H3,(H,24,25,26);2-5H,1H3. The number of nitrogens with zero attached hydrogens (tertiary/aromatic N) is 6. The van der Waals surface area contributed by atoms with Gasteiger partial charge in [0.15, 0.2) is 23.1 Å². The Bertz CT molecular complexity index is 2200. The van der Waals surface area contributed by atoms with Crippen LogP contribution in [-0.4, -0.2) is 44.1 Å². The third-order valence-electron chi connectivity index (χ3n) is 6.96. The molecule has 1 N–H and O–H groups in total.